The minimum absolute atomic E-state index is 0. The smallest absolute Gasteiger partial charge is 0.423 e. The Morgan fingerprint density at radius 1 is 0.151 bits per heavy atom. The van der Waals surface area contributed by atoms with Crippen LogP contribution in [0.1, 0.15) is 0 Å². The standard InChI is InChI=1S/C18H13Br.4C18H15P.C12H11BO2.C6H4Br2.Pd/c19-18-11-5-10-17(13-18)16-9-4-8-15(12-16)14-6-2-1-3-7-14;4*1-4-10-16(11-5-1)19(17-12-6-2-7-13-17)18-14-8-3-9-15-18;14-13(15)12-8-4-7-11(9-12)10-5-2-1-3-6-10;7-5-2-1-3-6(8)4-5;/h1-13H;4*1-15H;1-9,14-15H;1-4H;. The molecule has 0 fully saturated rings. The molecule has 18 rings (SSSR count). The Bertz CT molecular complexity index is 4950. The van der Waals surface area contributed by atoms with E-state index in [0.29, 0.717) is 5.46 Å². The molecule has 0 atom stereocenters. The van der Waals surface area contributed by atoms with Crippen LogP contribution >= 0.6 is 79.5 Å². The van der Waals surface area contributed by atoms with E-state index < -0.39 is 38.8 Å². The second-order valence-electron chi connectivity index (χ2n) is 26.6. The molecule has 0 saturated carbocycles. The zero-order chi connectivity index (χ0) is 81.4. The summed E-state index contributed by atoms with van der Waals surface area (Å²) in [6.07, 6.45) is 0. The van der Waals surface area contributed by atoms with Crippen LogP contribution in [0.5, 0.6) is 0 Å². The third kappa shape index (κ3) is 28.5. The molecule has 586 valence electrons. The fraction of sp³-hybridized carbons (Fsp3) is 0. The van der Waals surface area contributed by atoms with Gasteiger partial charge in [0.05, 0.1) is 0 Å². The van der Waals surface area contributed by atoms with E-state index in [0.717, 1.165) is 24.5 Å². The third-order valence-electron chi connectivity index (χ3n) is 18.4. The zero-order valence-electron chi connectivity index (χ0n) is 65.4. The van der Waals surface area contributed by atoms with Gasteiger partial charge in [0.25, 0.3) is 0 Å². The van der Waals surface area contributed by atoms with Gasteiger partial charge in [0.2, 0.25) is 0 Å². The summed E-state index contributed by atoms with van der Waals surface area (Å²) in [7, 11) is -3.19. The molecule has 2 nitrogen and oxygen atoms in total. The van der Waals surface area contributed by atoms with Crippen molar-refractivity contribution in [3.05, 3.63) is 535 Å². The van der Waals surface area contributed by atoms with E-state index in [1.54, 1.807) is 12.1 Å². The molecule has 0 heterocycles. The molecule has 18 aromatic carbocycles. The molecule has 0 aliphatic rings. The number of hydrogen-bond donors (Lipinski definition) is 2. The summed E-state index contributed by atoms with van der Waals surface area (Å²) in [5.41, 5.74) is 7.53. The second kappa shape index (κ2) is 50.0. The number of rotatable bonds is 16. The van der Waals surface area contributed by atoms with Crippen molar-refractivity contribution < 1.29 is 30.5 Å². The van der Waals surface area contributed by atoms with Gasteiger partial charge in [-0.1, -0.05) is 533 Å². The van der Waals surface area contributed by atoms with E-state index in [4.69, 9.17) is 10.0 Å². The number of hydrogen-bond acceptors (Lipinski definition) is 2. The fourth-order valence-electron chi connectivity index (χ4n) is 12.9. The van der Waals surface area contributed by atoms with Crippen LogP contribution < -0.4 is 69.1 Å². The predicted molar refractivity (Wildman–Crippen MR) is 529 cm³/mol. The molecule has 18 aromatic rings. The van der Waals surface area contributed by atoms with Gasteiger partial charge in [0, 0.05) is 33.8 Å². The number of benzene rings is 18. The van der Waals surface area contributed by atoms with Crippen LogP contribution in [-0.4, -0.2) is 17.2 Å². The van der Waals surface area contributed by atoms with Crippen molar-refractivity contribution in [1.82, 2.24) is 0 Å². The van der Waals surface area contributed by atoms with Gasteiger partial charge in [0.15, 0.2) is 0 Å². The van der Waals surface area contributed by atoms with Crippen molar-refractivity contribution in [3.63, 3.8) is 0 Å². The van der Waals surface area contributed by atoms with E-state index in [9.17, 15) is 0 Å². The molecule has 0 amide bonds. The van der Waals surface area contributed by atoms with Gasteiger partial charge < -0.3 is 10.0 Å². The first-order valence-corrected chi connectivity index (χ1v) is 46.6. The summed E-state index contributed by atoms with van der Waals surface area (Å²) in [5, 5.41) is 34.9. The SMILES string of the molecule is Brc1cccc(-c2cccc(-c3ccccc3)c2)c1.Brc1cccc(Br)c1.OB(O)c1cccc(-c2ccccc2)c1.[Pd].c1ccc(P(c2ccccc2)c2ccccc2)cc1.c1ccc(P(c2ccccc2)c2ccccc2)cc1.c1ccc(P(c2ccccc2)c2ccccc2)cc1.c1ccc(P(c2ccccc2)c2ccccc2)cc1. The van der Waals surface area contributed by atoms with Gasteiger partial charge >= 0.3 is 7.12 Å². The Labute approximate surface area is 747 Å². The van der Waals surface area contributed by atoms with Gasteiger partial charge in [0.1, 0.15) is 0 Å². The first-order valence-electron chi connectivity index (χ1n) is 38.8. The molecule has 0 aromatic heterocycles. The predicted octanol–water partition coefficient (Wildman–Crippen LogP) is 23.8. The zero-order valence-corrected chi connectivity index (χ0v) is 75.3. The van der Waals surface area contributed by atoms with E-state index >= 15 is 0 Å². The van der Waals surface area contributed by atoms with Crippen LogP contribution in [0.2, 0.25) is 0 Å². The van der Waals surface area contributed by atoms with Crippen LogP contribution in [0, 0.1) is 0 Å². The molecule has 11 heteroatoms. The van der Waals surface area contributed by atoms with E-state index in [1.807, 2.05) is 78.9 Å². The van der Waals surface area contributed by atoms with Crippen molar-refractivity contribution in [2.75, 3.05) is 0 Å². The molecule has 0 radical (unpaired) electrons. The Morgan fingerprint density at radius 3 is 0.496 bits per heavy atom. The Balaban J connectivity index is 0.000000137. The van der Waals surface area contributed by atoms with Crippen molar-refractivity contribution >= 4 is 156 Å². The normalized spacial score (nSPS) is 10.3. The maximum Gasteiger partial charge on any atom is 0.488 e. The second-order valence-corrected chi connectivity index (χ2v) is 38.3. The summed E-state index contributed by atoms with van der Waals surface area (Å²) in [6, 6.07) is 182. The van der Waals surface area contributed by atoms with Crippen LogP contribution in [0.15, 0.2) is 535 Å². The van der Waals surface area contributed by atoms with E-state index in [2.05, 4.69) is 479 Å². The summed E-state index contributed by atoms with van der Waals surface area (Å²) in [4.78, 5) is 0. The average Bonchev–Trinajstić information content (AvgIpc) is 0.835. The molecular weight excluding hydrogens is 1810 g/mol. The Kier molecular flexibility index (Phi) is 37.6. The van der Waals surface area contributed by atoms with Crippen LogP contribution in [0.3, 0.4) is 0 Å². The van der Waals surface area contributed by atoms with Crippen LogP contribution in [0.4, 0.5) is 0 Å². The van der Waals surface area contributed by atoms with Crippen LogP contribution in [0.25, 0.3) is 33.4 Å². The van der Waals surface area contributed by atoms with Gasteiger partial charge in [-0.25, -0.2) is 0 Å². The van der Waals surface area contributed by atoms with Crippen molar-refractivity contribution in [2.24, 2.45) is 0 Å². The molecule has 119 heavy (non-hydrogen) atoms. The molecule has 2 N–H and O–H groups in total. The topological polar surface area (TPSA) is 40.5 Å². The van der Waals surface area contributed by atoms with Gasteiger partial charge in [-0.15, -0.1) is 0 Å². The summed E-state index contributed by atoms with van der Waals surface area (Å²) >= 11 is 10.2. The summed E-state index contributed by atoms with van der Waals surface area (Å²) in [6.45, 7) is 0. The average molecular weight is 1900 g/mol. The monoisotopic (exact) mass is 1890 g/mol. The van der Waals surface area contributed by atoms with Crippen molar-refractivity contribution in [2.45, 2.75) is 0 Å². The molecule has 0 aliphatic heterocycles. The maximum atomic E-state index is 9.05. The fourth-order valence-corrected chi connectivity index (χ4v) is 23.6. The first kappa shape index (κ1) is 89.6. The van der Waals surface area contributed by atoms with Gasteiger partial charge in [-0.2, -0.15) is 0 Å². The van der Waals surface area contributed by atoms with Crippen molar-refractivity contribution in [1.29, 1.82) is 0 Å². The third-order valence-corrected chi connectivity index (χ3v) is 29.6. The van der Waals surface area contributed by atoms with Gasteiger partial charge in [-0.05, 0) is 171 Å². The van der Waals surface area contributed by atoms with E-state index in [1.165, 1.54) is 85.9 Å². The molecule has 0 bridgehead atoms. The molecule has 0 unspecified atom stereocenters. The minimum atomic E-state index is -1.41. The Morgan fingerprint density at radius 2 is 0.303 bits per heavy atom. The first-order chi connectivity index (χ1) is 58.2. The molecule has 0 spiro atoms. The minimum Gasteiger partial charge on any atom is -0.423 e. The largest absolute Gasteiger partial charge is 0.488 e. The van der Waals surface area contributed by atoms with Gasteiger partial charge in [-0.3, -0.25) is 0 Å². The quantitative estimate of drug-likeness (QED) is 0.0748. The Hall–Kier alpha value is -10.2. The summed E-state index contributed by atoms with van der Waals surface area (Å²) < 4.78 is 3.31. The van der Waals surface area contributed by atoms with E-state index in [-0.39, 0.29) is 20.4 Å². The van der Waals surface area contributed by atoms with Crippen molar-refractivity contribution in [3.8, 4) is 33.4 Å². The molecule has 0 aliphatic carbocycles. The van der Waals surface area contributed by atoms with Crippen LogP contribution in [-0.2, 0) is 20.4 Å². The number of halogens is 3. The molecular formula is C108H88BBr3O2P4Pd. The maximum absolute atomic E-state index is 9.05. The summed E-state index contributed by atoms with van der Waals surface area (Å²) in [5.74, 6) is 0. The molecule has 0 saturated heterocycles.